The van der Waals surface area contributed by atoms with Crippen molar-refractivity contribution in [2.24, 2.45) is 0 Å². The van der Waals surface area contributed by atoms with Gasteiger partial charge in [-0.2, -0.15) is 5.10 Å². The molecule has 0 saturated heterocycles. The average molecular weight is 305 g/mol. The number of hydrogen-bond donors (Lipinski definition) is 0. The van der Waals surface area contributed by atoms with Gasteiger partial charge in [0.15, 0.2) is 5.82 Å². The van der Waals surface area contributed by atoms with E-state index < -0.39 is 0 Å². The van der Waals surface area contributed by atoms with Gasteiger partial charge in [0.2, 0.25) is 0 Å². The van der Waals surface area contributed by atoms with Gasteiger partial charge in [-0.25, -0.2) is 0 Å². The van der Waals surface area contributed by atoms with E-state index in [9.17, 15) is 0 Å². The van der Waals surface area contributed by atoms with Crippen LogP contribution in [0, 0.1) is 6.92 Å². The Bertz CT molecular complexity index is 693. The number of nitrogens with zero attached hydrogens (tertiary/aromatic N) is 3. The second-order valence-electron chi connectivity index (χ2n) is 4.34. The van der Waals surface area contributed by atoms with Crippen molar-refractivity contribution in [2.45, 2.75) is 12.1 Å². The van der Waals surface area contributed by atoms with Gasteiger partial charge >= 0.3 is 51.4 Å². The van der Waals surface area contributed by atoms with Gasteiger partial charge in [0.05, 0.1) is 0 Å². The number of benzene rings is 2. The Balaban J connectivity index is 0.00000147. The molecule has 94 valence electrons. The van der Waals surface area contributed by atoms with E-state index in [-0.39, 0.29) is 51.4 Å². The maximum absolute atomic E-state index is 5.27. The monoisotopic (exact) mass is 305 g/mol. The Morgan fingerprint density at radius 1 is 0.900 bits per heavy atom. The first-order valence-electron chi connectivity index (χ1n) is 6.00. The summed E-state index contributed by atoms with van der Waals surface area (Å²) in [6.45, 7) is 2.06. The van der Waals surface area contributed by atoms with E-state index >= 15 is 0 Å². The Labute approximate surface area is 166 Å². The predicted octanol–water partition coefficient (Wildman–Crippen LogP) is 0.153. The quantitative estimate of drug-likeness (QED) is 0.499. The zero-order valence-corrected chi connectivity index (χ0v) is 15.4. The number of para-hydroxylation sites is 1. The first-order valence-corrected chi connectivity index (χ1v) is 6.41. The summed E-state index contributed by atoms with van der Waals surface area (Å²) < 4.78 is 1.89. The molecule has 20 heavy (non-hydrogen) atoms. The van der Waals surface area contributed by atoms with Gasteiger partial charge in [0.1, 0.15) is 0 Å². The summed E-state index contributed by atoms with van der Waals surface area (Å²) in [4.78, 5) is 0. The maximum Gasteiger partial charge on any atom is 1.00 e. The third-order valence-corrected chi connectivity index (χ3v) is 3.22. The Morgan fingerprint density at radius 3 is 2.20 bits per heavy atom. The summed E-state index contributed by atoms with van der Waals surface area (Å²) in [6.07, 6.45) is 0. The van der Waals surface area contributed by atoms with E-state index in [0.29, 0.717) is 5.16 Å². The number of aryl methyl sites for hydroxylation is 1. The molecule has 3 aromatic rings. The fraction of sp³-hybridized carbons (Fsp3) is 0.0667. The minimum atomic E-state index is 0. The van der Waals surface area contributed by atoms with Crippen molar-refractivity contribution in [2.75, 3.05) is 0 Å². The van der Waals surface area contributed by atoms with E-state index in [4.69, 9.17) is 12.6 Å². The minimum Gasteiger partial charge on any atom is -0.740 e. The summed E-state index contributed by atoms with van der Waals surface area (Å²) in [5.41, 5.74) is 3.21. The first-order chi connectivity index (χ1) is 9.25. The molecule has 2 aromatic carbocycles. The topological polar surface area (TPSA) is 30.7 Å². The molecule has 1 aromatic heterocycles. The predicted molar refractivity (Wildman–Crippen MR) is 77.2 cm³/mol. The van der Waals surface area contributed by atoms with Gasteiger partial charge in [-0.15, -0.1) is 5.10 Å². The summed E-state index contributed by atoms with van der Waals surface area (Å²) in [5.74, 6) is 0.774. The van der Waals surface area contributed by atoms with Crippen LogP contribution in [0.5, 0.6) is 0 Å². The molecule has 0 amide bonds. The zero-order chi connectivity index (χ0) is 13.2. The molecular weight excluding hydrogens is 293 g/mol. The molecular formula is C15H12KN3S. The van der Waals surface area contributed by atoms with Crippen LogP contribution in [0.15, 0.2) is 59.8 Å². The molecule has 0 N–H and O–H groups in total. The maximum atomic E-state index is 5.27. The van der Waals surface area contributed by atoms with Gasteiger partial charge in [-0.3, -0.25) is 4.57 Å². The molecule has 0 atom stereocenters. The Kier molecular flexibility index (Phi) is 5.48. The van der Waals surface area contributed by atoms with Gasteiger partial charge < -0.3 is 12.6 Å². The molecule has 0 radical (unpaired) electrons. The molecule has 0 aliphatic heterocycles. The van der Waals surface area contributed by atoms with E-state index in [1.807, 2.05) is 47.0 Å². The zero-order valence-electron chi connectivity index (χ0n) is 11.4. The minimum absolute atomic E-state index is 0. The van der Waals surface area contributed by atoms with Crippen LogP contribution >= 0.6 is 0 Å². The molecule has 0 spiro atoms. The largest absolute Gasteiger partial charge is 1.00 e. The van der Waals surface area contributed by atoms with Crippen LogP contribution < -0.4 is 51.4 Å². The molecule has 0 unspecified atom stereocenters. The third-order valence-electron chi connectivity index (χ3n) is 2.96. The molecule has 0 aliphatic rings. The van der Waals surface area contributed by atoms with Crippen molar-refractivity contribution in [3.8, 4) is 17.1 Å². The van der Waals surface area contributed by atoms with Crippen LogP contribution in [0.3, 0.4) is 0 Å². The van der Waals surface area contributed by atoms with Gasteiger partial charge in [0, 0.05) is 16.4 Å². The molecule has 0 fully saturated rings. The van der Waals surface area contributed by atoms with Crippen LogP contribution in [0.25, 0.3) is 17.1 Å². The van der Waals surface area contributed by atoms with Crippen molar-refractivity contribution in [1.29, 1.82) is 0 Å². The molecule has 1 heterocycles. The summed E-state index contributed by atoms with van der Waals surface area (Å²) in [5, 5.41) is 8.69. The SMILES string of the molecule is Cc1ccc(-c2nnc([S-])n2-c2ccccc2)cc1.[K+]. The molecule has 0 aliphatic carbocycles. The van der Waals surface area contributed by atoms with Gasteiger partial charge in [0.25, 0.3) is 0 Å². The molecule has 3 nitrogen and oxygen atoms in total. The van der Waals surface area contributed by atoms with E-state index in [1.165, 1.54) is 5.56 Å². The number of aromatic nitrogens is 3. The van der Waals surface area contributed by atoms with E-state index in [1.54, 1.807) is 0 Å². The third kappa shape index (κ3) is 3.19. The van der Waals surface area contributed by atoms with Crippen LogP contribution in [0.1, 0.15) is 5.56 Å². The Morgan fingerprint density at radius 2 is 1.55 bits per heavy atom. The number of hydrogen-bond acceptors (Lipinski definition) is 3. The van der Waals surface area contributed by atoms with Crippen molar-refractivity contribution < 1.29 is 51.4 Å². The molecule has 0 saturated carbocycles. The smallest absolute Gasteiger partial charge is 0.740 e. The van der Waals surface area contributed by atoms with Crippen molar-refractivity contribution in [1.82, 2.24) is 14.8 Å². The fourth-order valence-electron chi connectivity index (χ4n) is 1.97. The second kappa shape index (κ2) is 6.93. The first kappa shape index (κ1) is 15.8. The average Bonchev–Trinajstić information content (AvgIpc) is 2.82. The van der Waals surface area contributed by atoms with Gasteiger partial charge in [-0.05, 0) is 19.1 Å². The summed E-state index contributed by atoms with van der Waals surface area (Å²) in [6, 6.07) is 18.1. The summed E-state index contributed by atoms with van der Waals surface area (Å²) in [7, 11) is 0. The Hall–Kier alpha value is -0.564. The van der Waals surface area contributed by atoms with Gasteiger partial charge in [-0.1, -0.05) is 48.0 Å². The van der Waals surface area contributed by atoms with Crippen LogP contribution in [-0.4, -0.2) is 14.8 Å². The van der Waals surface area contributed by atoms with Crippen molar-refractivity contribution >= 4 is 12.6 Å². The van der Waals surface area contributed by atoms with Crippen molar-refractivity contribution in [3.05, 3.63) is 60.2 Å². The second-order valence-corrected chi connectivity index (χ2v) is 4.71. The number of rotatable bonds is 2. The van der Waals surface area contributed by atoms with Crippen LogP contribution in [0.4, 0.5) is 0 Å². The standard InChI is InChI=1S/C15H13N3S.K/c1-11-7-9-12(10-8-11)14-16-17-15(19)18(14)13-5-3-2-4-6-13;/h2-10H,1H3,(H,17,19);/q;+1/p-1. The van der Waals surface area contributed by atoms with Crippen LogP contribution in [-0.2, 0) is 12.6 Å². The van der Waals surface area contributed by atoms with Crippen LogP contribution in [0.2, 0.25) is 0 Å². The summed E-state index contributed by atoms with van der Waals surface area (Å²) >= 11 is 5.27. The molecule has 0 bridgehead atoms. The normalized spacial score (nSPS) is 10.1. The van der Waals surface area contributed by atoms with E-state index in [0.717, 1.165) is 17.1 Å². The van der Waals surface area contributed by atoms with Crippen molar-refractivity contribution in [3.63, 3.8) is 0 Å². The molecule has 3 rings (SSSR count). The van der Waals surface area contributed by atoms with E-state index in [2.05, 4.69) is 29.3 Å². The fourth-order valence-corrected chi connectivity index (χ4v) is 2.20. The molecule has 5 heteroatoms.